The van der Waals surface area contributed by atoms with E-state index >= 15 is 0 Å². The molecular formula is C24H31N3O4S. The minimum absolute atomic E-state index is 0.0400. The maximum atomic E-state index is 12.9. The monoisotopic (exact) mass is 457 g/mol. The van der Waals surface area contributed by atoms with E-state index in [1.54, 1.807) is 34.1 Å². The van der Waals surface area contributed by atoms with Gasteiger partial charge in [0.25, 0.3) is 15.9 Å². The number of unbranched alkanes of at least 4 members (excludes halogenated alkanes) is 1. The number of nitrogens with one attached hydrogen (secondary N) is 1. The maximum absolute atomic E-state index is 12.9. The number of amides is 2. The number of aryl methyl sites for hydroxylation is 1. The van der Waals surface area contributed by atoms with E-state index < -0.39 is 10.0 Å². The average molecular weight is 458 g/mol. The van der Waals surface area contributed by atoms with Crippen LogP contribution in [0.25, 0.3) is 0 Å². The van der Waals surface area contributed by atoms with Crippen molar-refractivity contribution in [2.45, 2.75) is 44.4 Å². The van der Waals surface area contributed by atoms with E-state index in [4.69, 9.17) is 0 Å². The third-order valence-corrected chi connectivity index (χ3v) is 7.02. The smallest absolute Gasteiger partial charge is 0.261 e. The molecule has 7 nitrogen and oxygen atoms in total. The molecule has 2 aromatic rings. The van der Waals surface area contributed by atoms with Gasteiger partial charge in [-0.25, -0.2) is 8.42 Å². The first kappa shape index (κ1) is 23.8. The summed E-state index contributed by atoms with van der Waals surface area (Å²) in [7, 11) is -3.83. The van der Waals surface area contributed by atoms with Crippen molar-refractivity contribution in [2.75, 3.05) is 30.9 Å². The summed E-state index contributed by atoms with van der Waals surface area (Å²) in [4.78, 5) is 28.2. The SMILES string of the molecule is CCCCc1ccc(NS(=O)(=O)c2cccc(C(=O)N3CCN(C(=O)CC)CC3)c2)cc1. The van der Waals surface area contributed by atoms with Gasteiger partial charge in [0, 0.05) is 43.9 Å². The van der Waals surface area contributed by atoms with Crippen LogP contribution >= 0.6 is 0 Å². The number of hydrogen-bond donors (Lipinski definition) is 1. The van der Waals surface area contributed by atoms with Crippen molar-refractivity contribution < 1.29 is 18.0 Å². The van der Waals surface area contributed by atoms with E-state index in [1.165, 1.54) is 17.7 Å². The van der Waals surface area contributed by atoms with Gasteiger partial charge in [0.2, 0.25) is 5.91 Å². The fraction of sp³-hybridized carbons (Fsp3) is 0.417. The Hall–Kier alpha value is -2.87. The van der Waals surface area contributed by atoms with Gasteiger partial charge in [0.1, 0.15) is 0 Å². The second-order valence-electron chi connectivity index (χ2n) is 7.96. The molecular weight excluding hydrogens is 426 g/mol. The lowest BCUT2D eigenvalue weighted by Gasteiger charge is -2.34. The molecule has 1 saturated heterocycles. The van der Waals surface area contributed by atoms with Crippen molar-refractivity contribution in [2.24, 2.45) is 0 Å². The first-order chi connectivity index (χ1) is 15.3. The van der Waals surface area contributed by atoms with Crippen molar-refractivity contribution in [1.29, 1.82) is 0 Å². The molecule has 2 amide bonds. The summed E-state index contributed by atoms with van der Waals surface area (Å²) in [5.74, 6) is -0.152. The molecule has 8 heteroatoms. The standard InChI is InChI=1S/C24H31N3O4S/c1-3-5-7-19-10-12-21(13-11-19)25-32(30,31)22-9-6-8-20(18-22)24(29)27-16-14-26(15-17-27)23(28)4-2/h6,8-13,18,25H,3-5,7,14-17H2,1-2H3. The van der Waals surface area contributed by atoms with Gasteiger partial charge in [-0.15, -0.1) is 0 Å². The Morgan fingerprint density at radius 2 is 1.59 bits per heavy atom. The number of rotatable bonds is 8. The Bertz CT molecular complexity index is 1040. The molecule has 0 spiro atoms. The van der Waals surface area contributed by atoms with Crippen LogP contribution in [-0.4, -0.2) is 56.2 Å². The zero-order valence-corrected chi connectivity index (χ0v) is 19.5. The lowest BCUT2D eigenvalue weighted by atomic mass is 10.1. The molecule has 2 aromatic carbocycles. The van der Waals surface area contributed by atoms with Crippen LogP contribution in [0.5, 0.6) is 0 Å². The fourth-order valence-electron chi connectivity index (χ4n) is 3.70. The summed E-state index contributed by atoms with van der Waals surface area (Å²) >= 11 is 0. The number of hydrogen-bond acceptors (Lipinski definition) is 4. The molecule has 0 aromatic heterocycles. The third kappa shape index (κ3) is 5.88. The second-order valence-corrected chi connectivity index (χ2v) is 9.64. The van der Waals surface area contributed by atoms with Crippen LogP contribution in [0.2, 0.25) is 0 Å². The molecule has 172 valence electrons. The molecule has 0 atom stereocenters. The summed E-state index contributed by atoms with van der Waals surface area (Å²) in [5, 5.41) is 0. The predicted octanol–water partition coefficient (Wildman–Crippen LogP) is 3.52. The molecule has 0 saturated carbocycles. The van der Waals surface area contributed by atoms with Crippen molar-refractivity contribution >= 4 is 27.5 Å². The van der Waals surface area contributed by atoms with Gasteiger partial charge in [-0.2, -0.15) is 0 Å². The van der Waals surface area contributed by atoms with Crippen LogP contribution in [0.3, 0.4) is 0 Å². The predicted molar refractivity (Wildman–Crippen MR) is 125 cm³/mol. The number of carbonyl (C=O) groups excluding carboxylic acids is 2. The van der Waals surface area contributed by atoms with Crippen LogP contribution in [-0.2, 0) is 21.2 Å². The van der Waals surface area contributed by atoms with E-state index in [0.29, 0.717) is 43.9 Å². The first-order valence-corrected chi connectivity index (χ1v) is 12.6. The van der Waals surface area contributed by atoms with Gasteiger partial charge in [-0.1, -0.05) is 38.5 Å². The molecule has 0 radical (unpaired) electrons. The van der Waals surface area contributed by atoms with Crippen LogP contribution < -0.4 is 4.72 Å². The Labute approximate surface area is 190 Å². The molecule has 1 aliphatic heterocycles. The molecule has 1 aliphatic rings. The lowest BCUT2D eigenvalue weighted by Crippen LogP contribution is -2.50. The van der Waals surface area contributed by atoms with Crippen molar-refractivity contribution in [3.05, 3.63) is 59.7 Å². The molecule has 3 rings (SSSR count). The fourth-order valence-corrected chi connectivity index (χ4v) is 4.80. The van der Waals surface area contributed by atoms with Gasteiger partial charge in [0.05, 0.1) is 4.90 Å². The number of benzene rings is 2. The van der Waals surface area contributed by atoms with Gasteiger partial charge in [-0.05, 0) is 48.7 Å². The zero-order valence-electron chi connectivity index (χ0n) is 18.7. The van der Waals surface area contributed by atoms with Crippen LogP contribution in [0.15, 0.2) is 53.4 Å². The molecule has 1 heterocycles. The number of piperazine rings is 1. The van der Waals surface area contributed by atoms with Gasteiger partial charge in [0.15, 0.2) is 0 Å². The Kier molecular flexibility index (Phi) is 7.90. The number of sulfonamides is 1. The molecule has 1 N–H and O–H groups in total. The maximum Gasteiger partial charge on any atom is 0.261 e. The minimum atomic E-state index is -3.83. The number of anilines is 1. The molecule has 0 aliphatic carbocycles. The Morgan fingerprint density at radius 3 is 2.22 bits per heavy atom. The Morgan fingerprint density at radius 1 is 0.938 bits per heavy atom. The van der Waals surface area contributed by atoms with Crippen molar-refractivity contribution in [3.8, 4) is 0 Å². The topological polar surface area (TPSA) is 86.8 Å². The second kappa shape index (κ2) is 10.6. The quantitative estimate of drug-likeness (QED) is 0.657. The first-order valence-electron chi connectivity index (χ1n) is 11.1. The Balaban J connectivity index is 1.68. The van der Waals surface area contributed by atoms with Crippen LogP contribution in [0.1, 0.15) is 49.0 Å². The largest absolute Gasteiger partial charge is 0.339 e. The number of carbonyl (C=O) groups is 2. The lowest BCUT2D eigenvalue weighted by molar-refractivity contribution is -0.132. The van der Waals surface area contributed by atoms with E-state index in [0.717, 1.165) is 19.3 Å². The van der Waals surface area contributed by atoms with Gasteiger partial charge < -0.3 is 9.80 Å². The van der Waals surface area contributed by atoms with E-state index in [1.807, 2.05) is 19.1 Å². The highest BCUT2D eigenvalue weighted by Crippen LogP contribution is 2.20. The van der Waals surface area contributed by atoms with Crippen molar-refractivity contribution in [1.82, 2.24) is 9.80 Å². The minimum Gasteiger partial charge on any atom is -0.339 e. The zero-order chi connectivity index (χ0) is 23.1. The molecule has 0 bridgehead atoms. The van der Waals surface area contributed by atoms with Gasteiger partial charge in [-0.3, -0.25) is 14.3 Å². The molecule has 1 fully saturated rings. The average Bonchev–Trinajstić information content (AvgIpc) is 2.82. The molecule has 32 heavy (non-hydrogen) atoms. The highest BCUT2D eigenvalue weighted by Gasteiger charge is 2.25. The summed E-state index contributed by atoms with van der Waals surface area (Å²) in [6.45, 7) is 5.81. The normalized spacial score (nSPS) is 14.3. The summed E-state index contributed by atoms with van der Waals surface area (Å²) < 4.78 is 28.4. The summed E-state index contributed by atoms with van der Waals surface area (Å²) in [6.07, 6.45) is 3.61. The van der Waals surface area contributed by atoms with E-state index in [9.17, 15) is 18.0 Å². The van der Waals surface area contributed by atoms with Crippen LogP contribution in [0, 0.1) is 0 Å². The van der Waals surface area contributed by atoms with Gasteiger partial charge >= 0.3 is 0 Å². The van der Waals surface area contributed by atoms with E-state index in [-0.39, 0.29) is 16.7 Å². The number of nitrogens with zero attached hydrogens (tertiary/aromatic N) is 2. The highest BCUT2D eigenvalue weighted by molar-refractivity contribution is 7.92. The molecule has 0 unspecified atom stereocenters. The highest BCUT2D eigenvalue weighted by atomic mass is 32.2. The van der Waals surface area contributed by atoms with Crippen molar-refractivity contribution in [3.63, 3.8) is 0 Å². The summed E-state index contributed by atoms with van der Waals surface area (Å²) in [5.41, 5.74) is 1.97. The van der Waals surface area contributed by atoms with E-state index in [2.05, 4.69) is 11.6 Å². The summed E-state index contributed by atoms with van der Waals surface area (Å²) in [6, 6.07) is 13.5. The third-order valence-electron chi connectivity index (χ3n) is 5.64. The van der Waals surface area contributed by atoms with Crippen LogP contribution in [0.4, 0.5) is 5.69 Å².